The molecule has 0 aromatic carbocycles. The molecule has 58 valence electrons. The predicted octanol–water partition coefficient (Wildman–Crippen LogP) is 0.946. The number of hydrogen-bond donors (Lipinski definition) is 1. The van der Waals surface area contributed by atoms with Gasteiger partial charge in [-0.25, -0.2) is 0 Å². The van der Waals surface area contributed by atoms with Gasteiger partial charge in [-0.2, -0.15) is 0 Å². The van der Waals surface area contributed by atoms with Crippen LogP contribution in [0.2, 0.25) is 0 Å². The highest BCUT2D eigenvalue weighted by atomic mass is 16.6. The highest BCUT2D eigenvalue weighted by Gasteiger charge is 1.94. The van der Waals surface area contributed by atoms with Crippen LogP contribution in [0.1, 0.15) is 13.8 Å². The minimum Gasteiger partial charge on any atom is -0.453 e. The molecule has 1 N–H and O–H groups in total. The standard InChI is InChI=1S/C7H13NO2/c1-4-5-8-6(2)10-7(3)9/h4,7,9H,1,5H2,2-3H3. The Hall–Kier alpha value is -0.830. The van der Waals surface area contributed by atoms with E-state index in [0.717, 1.165) is 0 Å². The maximum atomic E-state index is 8.69. The number of hydrogen-bond acceptors (Lipinski definition) is 3. The lowest BCUT2D eigenvalue weighted by molar-refractivity contribution is -0.0114. The first-order valence-corrected chi connectivity index (χ1v) is 3.13. The Morgan fingerprint density at radius 1 is 1.90 bits per heavy atom. The molecule has 0 aromatic heterocycles. The lowest BCUT2D eigenvalue weighted by Gasteiger charge is -2.06. The van der Waals surface area contributed by atoms with E-state index in [1.165, 1.54) is 6.92 Å². The second-order valence-corrected chi connectivity index (χ2v) is 1.87. The monoisotopic (exact) mass is 143 g/mol. The summed E-state index contributed by atoms with van der Waals surface area (Å²) in [5, 5.41) is 8.69. The molecule has 10 heavy (non-hydrogen) atoms. The Kier molecular flexibility index (Phi) is 4.58. The first-order chi connectivity index (χ1) is 4.66. The fourth-order valence-electron chi connectivity index (χ4n) is 0.477. The van der Waals surface area contributed by atoms with Gasteiger partial charge in [0.15, 0.2) is 12.2 Å². The minimum atomic E-state index is -0.784. The van der Waals surface area contributed by atoms with Gasteiger partial charge in [0.05, 0.1) is 6.54 Å². The highest BCUT2D eigenvalue weighted by Crippen LogP contribution is 1.87. The lowest BCUT2D eigenvalue weighted by Crippen LogP contribution is -2.11. The van der Waals surface area contributed by atoms with E-state index >= 15 is 0 Å². The van der Waals surface area contributed by atoms with Gasteiger partial charge in [-0.05, 0) is 6.92 Å². The summed E-state index contributed by atoms with van der Waals surface area (Å²) in [7, 11) is 0. The second kappa shape index (κ2) is 4.99. The molecule has 0 amide bonds. The Morgan fingerprint density at radius 2 is 2.50 bits per heavy atom. The first kappa shape index (κ1) is 9.17. The largest absolute Gasteiger partial charge is 0.453 e. The van der Waals surface area contributed by atoms with Crippen molar-refractivity contribution in [2.24, 2.45) is 4.99 Å². The SMILES string of the molecule is C=CCN=C(C)OC(C)O. The summed E-state index contributed by atoms with van der Waals surface area (Å²) in [5.41, 5.74) is 0. The molecule has 3 nitrogen and oxygen atoms in total. The van der Waals surface area contributed by atoms with Gasteiger partial charge in [-0.15, -0.1) is 6.58 Å². The number of aliphatic hydroxyl groups is 1. The molecule has 0 bridgehead atoms. The fourth-order valence-corrected chi connectivity index (χ4v) is 0.477. The average Bonchev–Trinajstić information content (AvgIpc) is 1.82. The van der Waals surface area contributed by atoms with Gasteiger partial charge in [0.2, 0.25) is 0 Å². The van der Waals surface area contributed by atoms with Crippen LogP contribution in [0.3, 0.4) is 0 Å². The van der Waals surface area contributed by atoms with E-state index in [1.807, 2.05) is 0 Å². The molecule has 0 heterocycles. The van der Waals surface area contributed by atoms with Crippen molar-refractivity contribution < 1.29 is 9.84 Å². The zero-order valence-electron chi connectivity index (χ0n) is 6.37. The molecular weight excluding hydrogens is 130 g/mol. The van der Waals surface area contributed by atoms with Gasteiger partial charge in [0, 0.05) is 6.92 Å². The molecule has 0 saturated carbocycles. The number of rotatable bonds is 3. The summed E-state index contributed by atoms with van der Waals surface area (Å²) in [6.07, 6.45) is 0.878. The Bertz CT molecular complexity index is 130. The zero-order chi connectivity index (χ0) is 7.98. The van der Waals surface area contributed by atoms with Gasteiger partial charge in [-0.1, -0.05) is 6.08 Å². The molecule has 0 aromatic rings. The van der Waals surface area contributed by atoms with Gasteiger partial charge in [0.1, 0.15) is 0 Å². The normalized spacial score (nSPS) is 14.5. The van der Waals surface area contributed by atoms with Crippen LogP contribution in [-0.4, -0.2) is 23.8 Å². The topological polar surface area (TPSA) is 41.8 Å². The van der Waals surface area contributed by atoms with Crippen LogP contribution in [-0.2, 0) is 4.74 Å². The Labute approximate surface area is 61.0 Å². The van der Waals surface area contributed by atoms with E-state index in [9.17, 15) is 0 Å². The number of aliphatic hydroxyl groups excluding tert-OH is 1. The van der Waals surface area contributed by atoms with Crippen molar-refractivity contribution in [3.05, 3.63) is 12.7 Å². The van der Waals surface area contributed by atoms with Crippen LogP contribution in [0.25, 0.3) is 0 Å². The van der Waals surface area contributed by atoms with Crippen molar-refractivity contribution in [1.82, 2.24) is 0 Å². The molecule has 0 spiro atoms. The smallest absolute Gasteiger partial charge is 0.195 e. The molecular formula is C7H13NO2. The van der Waals surface area contributed by atoms with Gasteiger partial charge in [0.25, 0.3) is 0 Å². The van der Waals surface area contributed by atoms with Crippen molar-refractivity contribution >= 4 is 5.90 Å². The first-order valence-electron chi connectivity index (χ1n) is 3.13. The van der Waals surface area contributed by atoms with Gasteiger partial charge >= 0.3 is 0 Å². The molecule has 0 aliphatic heterocycles. The van der Waals surface area contributed by atoms with E-state index < -0.39 is 6.29 Å². The number of aliphatic imine (C=N–C) groups is 1. The third kappa shape index (κ3) is 5.31. The lowest BCUT2D eigenvalue weighted by atomic mass is 10.6. The molecule has 1 unspecified atom stereocenters. The molecule has 0 saturated heterocycles. The molecule has 3 heteroatoms. The predicted molar refractivity (Wildman–Crippen MR) is 40.9 cm³/mol. The maximum absolute atomic E-state index is 8.69. The third-order valence-electron chi connectivity index (χ3n) is 0.784. The quantitative estimate of drug-likeness (QED) is 0.276. The minimum absolute atomic E-state index is 0.481. The van der Waals surface area contributed by atoms with Crippen LogP contribution < -0.4 is 0 Å². The average molecular weight is 143 g/mol. The van der Waals surface area contributed by atoms with E-state index in [4.69, 9.17) is 9.84 Å². The highest BCUT2D eigenvalue weighted by molar-refractivity contribution is 5.73. The van der Waals surface area contributed by atoms with Crippen molar-refractivity contribution in [3.63, 3.8) is 0 Å². The fraction of sp³-hybridized carbons (Fsp3) is 0.571. The molecule has 0 rings (SSSR count). The van der Waals surface area contributed by atoms with E-state index in [-0.39, 0.29) is 0 Å². The van der Waals surface area contributed by atoms with Crippen LogP contribution >= 0.6 is 0 Å². The zero-order valence-corrected chi connectivity index (χ0v) is 6.37. The van der Waals surface area contributed by atoms with Crippen molar-refractivity contribution in [1.29, 1.82) is 0 Å². The summed E-state index contributed by atoms with van der Waals surface area (Å²) in [6, 6.07) is 0. The van der Waals surface area contributed by atoms with Crippen molar-refractivity contribution in [2.45, 2.75) is 20.1 Å². The number of ether oxygens (including phenoxy) is 1. The summed E-state index contributed by atoms with van der Waals surface area (Å²) in [6.45, 7) is 7.24. The second-order valence-electron chi connectivity index (χ2n) is 1.87. The maximum Gasteiger partial charge on any atom is 0.195 e. The molecule has 0 radical (unpaired) electrons. The summed E-state index contributed by atoms with van der Waals surface area (Å²) >= 11 is 0. The molecule has 0 fully saturated rings. The Balaban J connectivity index is 3.59. The molecule has 0 aliphatic rings. The van der Waals surface area contributed by atoms with E-state index in [1.54, 1.807) is 13.0 Å². The summed E-state index contributed by atoms with van der Waals surface area (Å²) in [4.78, 5) is 3.90. The van der Waals surface area contributed by atoms with Crippen LogP contribution in [0.5, 0.6) is 0 Å². The van der Waals surface area contributed by atoms with E-state index in [2.05, 4.69) is 11.6 Å². The third-order valence-corrected chi connectivity index (χ3v) is 0.784. The van der Waals surface area contributed by atoms with Gasteiger partial charge in [-0.3, -0.25) is 4.99 Å². The summed E-state index contributed by atoms with van der Waals surface area (Å²) in [5.74, 6) is 0.481. The van der Waals surface area contributed by atoms with Crippen LogP contribution in [0.4, 0.5) is 0 Å². The van der Waals surface area contributed by atoms with Crippen LogP contribution in [0, 0.1) is 0 Å². The van der Waals surface area contributed by atoms with Crippen molar-refractivity contribution in [3.8, 4) is 0 Å². The summed E-state index contributed by atoms with van der Waals surface area (Å²) < 4.78 is 4.81. The molecule has 0 aliphatic carbocycles. The van der Waals surface area contributed by atoms with E-state index in [0.29, 0.717) is 12.4 Å². The van der Waals surface area contributed by atoms with Crippen molar-refractivity contribution in [2.75, 3.05) is 6.54 Å². The molecule has 1 atom stereocenters. The van der Waals surface area contributed by atoms with Gasteiger partial charge < -0.3 is 9.84 Å². The Morgan fingerprint density at radius 3 is 2.90 bits per heavy atom. The number of nitrogens with zero attached hydrogens (tertiary/aromatic N) is 1. The van der Waals surface area contributed by atoms with Crippen LogP contribution in [0.15, 0.2) is 17.6 Å².